The summed E-state index contributed by atoms with van der Waals surface area (Å²) in [5.41, 5.74) is 7.06. The van der Waals surface area contributed by atoms with Crippen LogP contribution in [-0.4, -0.2) is 5.91 Å². The maximum atomic E-state index is 11.0. The average molecular weight is 263 g/mol. The van der Waals surface area contributed by atoms with Crippen LogP contribution < -0.4 is 22.7 Å². The summed E-state index contributed by atoms with van der Waals surface area (Å²) < 4.78 is 1.98. The van der Waals surface area contributed by atoms with Gasteiger partial charge in [-0.05, 0) is 11.6 Å². The Morgan fingerprint density at radius 2 is 1.83 bits per heavy atom. The molecule has 1 heterocycles. The lowest BCUT2D eigenvalue weighted by atomic mass is 10.1. The van der Waals surface area contributed by atoms with Crippen molar-refractivity contribution in [1.82, 2.24) is 0 Å². The van der Waals surface area contributed by atoms with Gasteiger partial charge >= 0.3 is 0 Å². The molecule has 0 saturated carbocycles. The van der Waals surface area contributed by atoms with E-state index in [0.717, 1.165) is 13.0 Å². The molecule has 18 heavy (non-hydrogen) atoms. The molecule has 1 aromatic heterocycles. The maximum Gasteiger partial charge on any atom is 0.254 e. The van der Waals surface area contributed by atoms with Crippen molar-refractivity contribution >= 4 is 5.91 Å². The predicted octanol–water partition coefficient (Wildman–Crippen LogP) is -1.68. The summed E-state index contributed by atoms with van der Waals surface area (Å²) in [6.45, 7) is 0.838. The van der Waals surface area contributed by atoms with Crippen molar-refractivity contribution in [3.8, 4) is 0 Å². The number of carbonyl (C=O) groups is 1. The Balaban J connectivity index is 0.00000162. The fourth-order valence-corrected chi connectivity index (χ4v) is 1.71. The molecule has 0 spiro atoms. The molecule has 2 aromatic rings. The van der Waals surface area contributed by atoms with Gasteiger partial charge in [-0.1, -0.05) is 30.3 Å². The number of primary amides is 1. The number of hydrogen-bond acceptors (Lipinski definition) is 1. The van der Waals surface area contributed by atoms with E-state index in [4.69, 9.17) is 5.73 Å². The largest absolute Gasteiger partial charge is 1.00 e. The molecule has 0 atom stereocenters. The average Bonchev–Trinajstić information content (AvgIpc) is 2.38. The number of pyridine rings is 1. The Morgan fingerprint density at radius 3 is 2.50 bits per heavy atom. The molecule has 3 nitrogen and oxygen atoms in total. The van der Waals surface area contributed by atoms with Crippen LogP contribution in [0.2, 0.25) is 0 Å². The van der Waals surface area contributed by atoms with Crippen molar-refractivity contribution in [2.45, 2.75) is 13.0 Å². The van der Waals surface area contributed by atoms with Crippen molar-refractivity contribution in [3.63, 3.8) is 0 Å². The Morgan fingerprint density at radius 1 is 1.11 bits per heavy atom. The number of hydrogen-bond donors (Lipinski definition) is 1. The first kappa shape index (κ1) is 14.2. The van der Waals surface area contributed by atoms with Gasteiger partial charge in [0, 0.05) is 12.5 Å². The maximum absolute atomic E-state index is 11.0. The van der Waals surface area contributed by atoms with Crippen LogP contribution >= 0.6 is 0 Å². The Bertz CT molecular complexity index is 514. The molecular weight excluding hydrogens is 248 g/mol. The number of amides is 1. The summed E-state index contributed by atoms with van der Waals surface area (Å²) in [6.07, 6.45) is 4.66. The van der Waals surface area contributed by atoms with Crippen LogP contribution in [0.1, 0.15) is 15.9 Å². The third-order valence-corrected chi connectivity index (χ3v) is 2.64. The smallest absolute Gasteiger partial charge is 0.254 e. The van der Waals surface area contributed by atoms with Gasteiger partial charge in [-0.15, -0.1) is 0 Å². The molecule has 2 N–H and O–H groups in total. The van der Waals surface area contributed by atoms with Gasteiger partial charge in [0.15, 0.2) is 18.9 Å². The highest BCUT2D eigenvalue weighted by molar-refractivity contribution is 5.92. The van der Waals surface area contributed by atoms with Crippen molar-refractivity contribution in [2.75, 3.05) is 0 Å². The van der Waals surface area contributed by atoms with Gasteiger partial charge < -0.3 is 18.1 Å². The van der Waals surface area contributed by atoms with Crippen LogP contribution in [0, 0.1) is 0 Å². The van der Waals surface area contributed by atoms with Crippen molar-refractivity contribution in [1.29, 1.82) is 0 Å². The number of halogens is 1. The minimum Gasteiger partial charge on any atom is -1.00 e. The molecule has 0 bridgehead atoms. The van der Waals surface area contributed by atoms with E-state index < -0.39 is 0 Å². The van der Waals surface area contributed by atoms with Crippen molar-refractivity contribution in [2.24, 2.45) is 5.73 Å². The molecule has 0 saturated heterocycles. The minimum absolute atomic E-state index is 0. The van der Waals surface area contributed by atoms with E-state index in [0.29, 0.717) is 5.56 Å². The number of benzene rings is 1. The quantitative estimate of drug-likeness (QED) is 0.658. The first-order valence-corrected chi connectivity index (χ1v) is 5.58. The zero-order valence-corrected chi connectivity index (χ0v) is 10.7. The second-order valence-electron chi connectivity index (χ2n) is 3.93. The molecule has 2 rings (SSSR count). The summed E-state index contributed by atoms with van der Waals surface area (Å²) in [6, 6.07) is 13.8. The normalized spacial score (nSPS) is 9.56. The fourth-order valence-electron chi connectivity index (χ4n) is 1.71. The van der Waals surface area contributed by atoms with Crippen LogP contribution in [0.5, 0.6) is 0 Å². The Kier molecular flexibility index (Phi) is 5.33. The van der Waals surface area contributed by atoms with E-state index in [-0.39, 0.29) is 18.3 Å². The number of carbonyl (C=O) groups excluding carboxylic acids is 1. The summed E-state index contributed by atoms with van der Waals surface area (Å²) >= 11 is 0. The summed E-state index contributed by atoms with van der Waals surface area (Å²) in [5, 5.41) is 0. The van der Waals surface area contributed by atoms with Gasteiger partial charge in [-0.3, -0.25) is 4.79 Å². The number of nitrogens with zero attached hydrogens (tertiary/aromatic N) is 1. The van der Waals surface area contributed by atoms with Crippen LogP contribution in [0.25, 0.3) is 0 Å². The van der Waals surface area contributed by atoms with E-state index in [9.17, 15) is 4.79 Å². The van der Waals surface area contributed by atoms with E-state index in [1.807, 2.05) is 35.0 Å². The van der Waals surface area contributed by atoms with E-state index >= 15 is 0 Å². The zero-order chi connectivity index (χ0) is 12.1. The number of aryl methyl sites for hydroxylation is 2. The second-order valence-corrected chi connectivity index (χ2v) is 3.93. The van der Waals surface area contributed by atoms with Crippen molar-refractivity contribution < 1.29 is 21.8 Å². The van der Waals surface area contributed by atoms with Crippen LogP contribution in [0.4, 0.5) is 0 Å². The lowest BCUT2D eigenvalue weighted by molar-refractivity contribution is -0.696. The second kappa shape index (κ2) is 6.77. The standard InChI is InChI=1S/C14H14N2O.ClH/c15-14(17)13-7-4-9-16(11-13)10-8-12-5-2-1-3-6-12;/h1-7,9,11H,8,10H2,(H-,15,17);1H. The van der Waals surface area contributed by atoms with Crippen LogP contribution in [-0.2, 0) is 13.0 Å². The van der Waals surface area contributed by atoms with Gasteiger partial charge in [-0.2, -0.15) is 0 Å². The molecule has 1 aromatic carbocycles. The molecular formula is C14H15ClN2O. The molecule has 0 aliphatic rings. The van der Waals surface area contributed by atoms with E-state index in [1.54, 1.807) is 12.3 Å². The van der Waals surface area contributed by atoms with Gasteiger partial charge in [0.25, 0.3) is 5.91 Å². The number of nitrogens with two attached hydrogens (primary N) is 1. The van der Waals surface area contributed by atoms with Crippen LogP contribution in [0.15, 0.2) is 54.9 Å². The monoisotopic (exact) mass is 262 g/mol. The highest BCUT2D eigenvalue weighted by Crippen LogP contribution is 1.99. The first-order chi connectivity index (χ1) is 8.25. The highest BCUT2D eigenvalue weighted by atomic mass is 35.5. The Labute approximate surface area is 113 Å². The molecule has 4 heteroatoms. The third kappa shape index (κ3) is 3.86. The molecule has 0 fully saturated rings. The third-order valence-electron chi connectivity index (χ3n) is 2.64. The molecule has 0 unspecified atom stereocenters. The minimum atomic E-state index is -0.390. The van der Waals surface area contributed by atoms with Gasteiger partial charge in [0.2, 0.25) is 0 Å². The van der Waals surface area contributed by atoms with Crippen molar-refractivity contribution in [3.05, 3.63) is 66.0 Å². The SMILES string of the molecule is NC(=O)c1ccc[n+](CCc2ccccc2)c1.[Cl-]. The fraction of sp³-hybridized carbons (Fsp3) is 0.143. The predicted molar refractivity (Wildman–Crippen MR) is 65.3 cm³/mol. The molecule has 0 radical (unpaired) electrons. The zero-order valence-electron chi connectivity index (χ0n) is 9.92. The summed E-state index contributed by atoms with van der Waals surface area (Å²) in [4.78, 5) is 11.0. The van der Waals surface area contributed by atoms with E-state index in [1.165, 1.54) is 5.56 Å². The topological polar surface area (TPSA) is 47.0 Å². The highest BCUT2D eigenvalue weighted by Gasteiger charge is 2.06. The number of aromatic nitrogens is 1. The number of rotatable bonds is 4. The summed E-state index contributed by atoms with van der Waals surface area (Å²) in [7, 11) is 0. The van der Waals surface area contributed by atoms with E-state index in [2.05, 4.69) is 12.1 Å². The molecule has 0 aliphatic heterocycles. The molecule has 0 aliphatic carbocycles. The first-order valence-electron chi connectivity index (χ1n) is 5.58. The van der Waals surface area contributed by atoms with Gasteiger partial charge in [0.1, 0.15) is 5.56 Å². The van der Waals surface area contributed by atoms with Crippen LogP contribution in [0.3, 0.4) is 0 Å². The molecule has 94 valence electrons. The lowest BCUT2D eigenvalue weighted by Gasteiger charge is -1.99. The van der Waals surface area contributed by atoms with Gasteiger partial charge in [-0.25, -0.2) is 4.57 Å². The van der Waals surface area contributed by atoms with Gasteiger partial charge in [0.05, 0.1) is 0 Å². The lowest BCUT2D eigenvalue weighted by Crippen LogP contribution is -3.00. The summed E-state index contributed by atoms with van der Waals surface area (Å²) in [5.74, 6) is -0.390. The Hall–Kier alpha value is -1.87. The molecule has 1 amide bonds.